The van der Waals surface area contributed by atoms with Crippen LogP contribution in [0.1, 0.15) is 38.5 Å². The van der Waals surface area contributed by atoms with Crippen LogP contribution in [-0.4, -0.2) is 34.0 Å². The summed E-state index contributed by atoms with van der Waals surface area (Å²) in [6.07, 6.45) is 1.95. The van der Waals surface area contributed by atoms with Crippen LogP contribution in [0.15, 0.2) is 15.9 Å². The van der Waals surface area contributed by atoms with Crippen molar-refractivity contribution >= 4 is 39.1 Å². The third-order valence-electron chi connectivity index (χ3n) is 3.26. The summed E-state index contributed by atoms with van der Waals surface area (Å²) in [6.45, 7) is 5.34. The summed E-state index contributed by atoms with van der Waals surface area (Å²) >= 11 is 5.07. The minimum atomic E-state index is -1.15. The zero-order valence-corrected chi connectivity index (χ0v) is 14.4. The number of aliphatic carboxylic acids is 1. The van der Waals surface area contributed by atoms with Crippen LogP contribution in [0.3, 0.4) is 0 Å². The summed E-state index contributed by atoms with van der Waals surface area (Å²) in [7, 11) is 0. The number of amides is 1. The van der Waals surface area contributed by atoms with Gasteiger partial charge in [-0.15, -0.1) is 11.3 Å². The molecule has 0 radical (unpaired) electrons. The number of carboxylic acids is 1. The molecule has 1 aromatic rings. The topological polar surface area (TPSA) is 57.6 Å². The number of carboxylic acid groups (broad SMARTS) is 1. The normalized spacial score (nSPS) is 11.4. The number of carbonyl (C=O) groups excluding carboxylic acids is 1. The van der Waals surface area contributed by atoms with E-state index >= 15 is 0 Å². The third-order valence-corrected chi connectivity index (χ3v) is 4.94. The summed E-state index contributed by atoms with van der Waals surface area (Å²) in [4.78, 5) is 26.1. The number of thiophene rings is 1. The van der Waals surface area contributed by atoms with Gasteiger partial charge < -0.3 is 10.0 Å². The molecule has 1 heterocycles. The minimum absolute atomic E-state index is 0.101. The predicted octanol–water partition coefficient (Wildman–Crippen LogP) is 3.55. The average Bonchev–Trinajstić information content (AvgIpc) is 2.75. The Kier molecular flexibility index (Phi) is 6.20. The molecule has 1 amide bonds. The minimum Gasteiger partial charge on any atom is -0.480 e. The van der Waals surface area contributed by atoms with Gasteiger partial charge in [0.15, 0.2) is 0 Å². The van der Waals surface area contributed by atoms with Gasteiger partial charge in [-0.25, -0.2) is 4.79 Å². The molecule has 0 saturated heterocycles. The van der Waals surface area contributed by atoms with Crippen molar-refractivity contribution in [3.63, 3.8) is 0 Å². The number of rotatable bonds is 7. The second-order valence-electron chi connectivity index (χ2n) is 5.06. The smallest absolute Gasteiger partial charge is 0.329 e. The van der Waals surface area contributed by atoms with Gasteiger partial charge in [0.1, 0.15) is 5.54 Å². The maximum atomic E-state index is 12.2. The van der Waals surface area contributed by atoms with Crippen molar-refractivity contribution in [3.05, 3.63) is 20.8 Å². The lowest BCUT2D eigenvalue weighted by molar-refractivity contribution is -0.156. The highest BCUT2D eigenvalue weighted by atomic mass is 79.9. The predicted molar refractivity (Wildman–Crippen MR) is 84.1 cm³/mol. The van der Waals surface area contributed by atoms with Gasteiger partial charge in [0.25, 0.3) is 0 Å². The Hall–Kier alpha value is -0.880. The molecule has 1 rings (SSSR count). The number of halogens is 1. The van der Waals surface area contributed by atoms with Crippen molar-refractivity contribution in [1.29, 1.82) is 0 Å². The fourth-order valence-electron chi connectivity index (χ4n) is 2.03. The zero-order chi connectivity index (χ0) is 15.3. The molecular weight excluding hydrogens is 342 g/mol. The van der Waals surface area contributed by atoms with Crippen LogP contribution in [0.2, 0.25) is 0 Å². The number of carbonyl (C=O) groups is 2. The highest BCUT2D eigenvalue weighted by Crippen LogP contribution is 2.24. The maximum absolute atomic E-state index is 12.2. The molecule has 0 aliphatic rings. The van der Waals surface area contributed by atoms with E-state index in [2.05, 4.69) is 15.9 Å². The lowest BCUT2D eigenvalue weighted by Crippen LogP contribution is -2.52. The molecule has 112 valence electrons. The summed E-state index contributed by atoms with van der Waals surface area (Å²) in [5.41, 5.74) is -1.15. The Labute approximate surface area is 131 Å². The highest BCUT2D eigenvalue weighted by Gasteiger charge is 2.36. The van der Waals surface area contributed by atoms with Crippen LogP contribution in [0.25, 0.3) is 0 Å². The largest absolute Gasteiger partial charge is 0.480 e. The van der Waals surface area contributed by atoms with Crippen LogP contribution in [0.5, 0.6) is 0 Å². The lowest BCUT2D eigenvalue weighted by Gasteiger charge is -2.34. The molecule has 1 N–H and O–H groups in total. The number of aryl methyl sites for hydroxylation is 1. The summed E-state index contributed by atoms with van der Waals surface area (Å²) in [5, 5.41) is 9.20. The maximum Gasteiger partial charge on any atom is 0.329 e. The monoisotopic (exact) mass is 361 g/mol. The molecule has 1 aromatic heterocycles. The Bertz CT molecular complexity index is 485. The Morgan fingerprint density at radius 2 is 2.05 bits per heavy atom. The van der Waals surface area contributed by atoms with E-state index in [1.807, 2.05) is 12.1 Å². The standard InChI is InChI=1S/C14H20BrNO3S/c1-4-16(14(2,3)13(18)19)12(17)7-5-6-10-8-9-11(15)20-10/h8-9H,4-7H2,1-3H3,(H,18,19). The third kappa shape index (κ3) is 4.31. The van der Waals surface area contributed by atoms with Gasteiger partial charge in [-0.3, -0.25) is 4.79 Å². The molecule has 0 fully saturated rings. The van der Waals surface area contributed by atoms with Gasteiger partial charge in [-0.05, 0) is 61.7 Å². The molecule has 0 aliphatic carbocycles. The fourth-order valence-corrected chi connectivity index (χ4v) is 3.56. The first-order valence-corrected chi connectivity index (χ1v) is 8.18. The number of likely N-dealkylation sites (N-methyl/N-ethyl adjacent to an activating group) is 1. The molecule has 0 atom stereocenters. The lowest BCUT2D eigenvalue weighted by atomic mass is 10.0. The first-order valence-electron chi connectivity index (χ1n) is 6.57. The van der Waals surface area contributed by atoms with Crippen LogP contribution in [0.4, 0.5) is 0 Å². The van der Waals surface area contributed by atoms with Crippen LogP contribution in [0, 0.1) is 0 Å². The molecule has 0 bridgehead atoms. The Morgan fingerprint density at radius 1 is 1.40 bits per heavy atom. The summed E-state index contributed by atoms with van der Waals surface area (Å²) in [6, 6.07) is 4.03. The Balaban J connectivity index is 2.54. The van der Waals surface area contributed by atoms with Gasteiger partial charge in [0, 0.05) is 17.8 Å². The SMILES string of the molecule is CCN(C(=O)CCCc1ccc(Br)s1)C(C)(C)C(=O)O. The van der Waals surface area contributed by atoms with Gasteiger partial charge in [-0.2, -0.15) is 0 Å². The van der Waals surface area contributed by atoms with E-state index in [0.29, 0.717) is 13.0 Å². The van der Waals surface area contributed by atoms with E-state index in [4.69, 9.17) is 0 Å². The van der Waals surface area contributed by atoms with Crippen molar-refractivity contribution < 1.29 is 14.7 Å². The summed E-state index contributed by atoms with van der Waals surface area (Å²) < 4.78 is 1.08. The molecule has 4 nitrogen and oxygen atoms in total. The van der Waals surface area contributed by atoms with E-state index in [9.17, 15) is 14.7 Å². The first kappa shape index (κ1) is 17.2. The molecule has 20 heavy (non-hydrogen) atoms. The van der Waals surface area contributed by atoms with E-state index in [-0.39, 0.29) is 5.91 Å². The van der Waals surface area contributed by atoms with Crippen molar-refractivity contribution in [2.75, 3.05) is 6.54 Å². The average molecular weight is 362 g/mol. The molecule has 0 saturated carbocycles. The van der Waals surface area contributed by atoms with Gasteiger partial charge >= 0.3 is 5.97 Å². The molecule has 0 unspecified atom stereocenters. The Morgan fingerprint density at radius 3 is 2.50 bits per heavy atom. The van der Waals surface area contributed by atoms with Gasteiger partial charge in [-0.1, -0.05) is 0 Å². The van der Waals surface area contributed by atoms with Gasteiger partial charge in [0.05, 0.1) is 3.79 Å². The van der Waals surface area contributed by atoms with Crippen LogP contribution in [-0.2, 0) is 16.0 Å². The zero-order valence-electron chi connectivity index (χ0n) is 12.0. The van der Waals surface area contributed by atoms with Gasteiger partial charge in [0.2, 0.25) is 5.91 Å². The number of nitrogens with zero attached hydrogens (tertiary/aromatic N) is 1. The van der Waals surface area contributed by atoms with E-state index in [1.165, 1.54) is 9.78 Å². The van der Waals surface area contributed by atoms with E-state index < -0.39 is 11.5 Å². The number of hydrogen-bond acceptors (Lipinski definition) is 3. The summed E-state index contributed by atoms with van der Waals surface area (Å²) in [5.74, 6) is -1.08. The first-order chi connectivity index (χ1) is 9.28. The molecule has 0 aromatic carbocycles. The highest BCUT2D eigenvalue weighted by molar-refractivity contribution is 9.11. The van der Waals surface area contributed by atoms with E-state index in [1.54, 1.807) is 32.1 Å². The number of hydrogen-bond donors (Lipinski definition) is 1. The van der Waals surface area contributed by atoms with Crippen molar-refractivity contribution in [2.45, 2.75) is 45.6 Å². The van der Waals surface area contributed by atoms with Crippen LogP contribution < -0.4 is 0 Å². The molecule has 0 spiro atoms. The van der Waals surface area contributed by atoms with Crippen LogP contribution >= 0.6 is 27.3 Å². The molecular formula is C14H20BrNO3S. The van der Waals surface area contributed by atoms with Crippen molar-refractivity contribution in [2.24, 2.45) is 0 Å². The quantitative estimate of drug-likeness (QED) is 0.807. The molecule has 6 heteroatoms. The van der Waals surface area contributed by atoms with E-state index in [0.717, 1.165) is 16.6 Å². The second kappa shape index (κ2) is 7.22. The second-order valence-corrected chi connectivity index (χ2v) is 7.61. The van der Waals surface area contributed by atoms with Crippen molar-refractivity contribution in [3.8, 4) is 0 Å². The fraction of sp³-hybridized carbons (Fsp3) is 0.571. The molecule has 0 aliphatic heterocycles. The van der Waals surface area contributed by atoms with Crippen molar-refractivity contribution in [1.82, 2.24) is 4.90 Å².